The topological polar surface area (TPSA) is 54.9 Å². The fraction of sp³-hybridized carbons (Fsp3) is 0.667. The molecule has 1 aliphatic rings. The summed E-state index contributed by atoms with van der Waals surface area (Å²) in [6.45, 7) is 5.74. The van der Waals surface area contributed by atoms with Crippen LogP contribution >= 0.6 is 24.0 Å². The molecule has 0 aromatic heterocycles. The second-order valence-electron chi connectivity index (χ2n) is 7.23. The molecule has 9 heteroatoms. The summed E-state index contributed by atoms with van der Waals surface area (Å²) < 4.78 is 50.4. The molecule has 5 nitrogen and oxygen atoms in total. The summed E-state index contributed by atoms with van der Waals surface area (Å²) in [6.07, 6.45) is -1.12. The maximum atomic E-state index is 13.2. The van der Waals surface area contributed by atoms with Crippen molar-refractivity contribution in [2.75, 3.05) is 46.6 Å². The first-order valence-corrected chi connectivity index (χ1v) is 10.2. The third-order valence-electron chi connectivity index (χ3n) is 5.28. The highest BCUT2D eigenvalue weighted by molar-refractivity contribution is 14.0. The molecule has 2 rings (SSSR count). The fourth-order valence-corrected chi connectivity index (χ4v) is 3.51. The molecule has 0 aliphatic carbocycles. The Hall–Kier alpha value is -1.07. The van der Waals surface area contributed by atoms with Crippen LogP contribution in [0.1, 0.15) is 43.7 Å². The first kappa shape index (κ1) is 27.0. The molecular weight excluding hydrogens is 510 g/mol. The SMILES string of the molecule is CCOCCCCNC(=NC)NCC1(c2cccc(C(F)(F)F)c2)CCOCC1.I. The summed E-state index contributed by atoms with van der Waals surface area (Å²) in [5.41, 5.74) is -0.348. The highest BCUT2D eigenvalue weighted by Gasteiger charge is 2.37. The van der Waals surface area contributed by atoms with E-state index in [9.17, 15) is 13.2 Å². The molecule has 1 aromatic carbocycles. The predicted molar refractivity (Wildman–Crippen MR) is 124 cm³/mol. The van der Waals surface area contributed by atoms with Crippen molar-refractivity contribution in [3.8, 4) is 0 Å². The van der Waals surface area contributed by atoms with Crippen LogP contribution in [0.15, 0.2) is 29.3 Å². The van der Waals surface area contributed by atoms with Crippen LogP contribution in [0, 0.1) is 0 Å². The number of alkyl halides is 3. The third kappa shape index (κ3) is 8.22. The molecule has 0 bridgehead atoms. The highest BCUT2D eigenvalue weighted by atomic mass is 127. The van der Waals surface area contributed by atoms with Gasteiger partial charge in [0.15, 0.2) is 5.96 Å². The van der Waals surface area contributed by atoms with Crippen molar-refractivity contribution >= 4 is 29.9 Å². The number of benzene rings is 1. The number of ether oxygens (including phenoxy) is 2. The molecule has 1 fully saturated rings. The second-order valence-corrected chi connectivity index (χ2v) is 7.23. The summed E-state index contributed by atoms with van der Waals surface area (Å²) in [6, 6.07) is 5.66. The molecule has 0 radical (unpaired) electrons. The molecule has 30 heavy (non-hydrogen) atoms. The lowest BCUT2D eigenvalue weighted by Gasteiger charge is -2.38. The Morgan fingerprint density at radius 3 is 2.57 bits per heavy atom. The van der Waals surface area contributed by atoms with Gasteiger partial charge in [-0.1, -0.05) is 18.2 Å². The van der Waals surface area contributed by atoms with Crippen molar-refractivity contribution in [2.24, 2.45) is 4.99 Å². The van der Waals surface area contributed by atoms with E-state index < -0.39 is 17.2 Å². The molecule has 1 heterocycles. The van der Waals surface area contributed by atoms with E-state index in [1.807, 2.05) is 6.92 Å². The number of hydrogen-bond donors (Lipinski definition) is 2. The Morgan fingerprint density at radius 2 is 1.93 bits per heavy atom. The van der Waals surface area contributed by atoms with Crippen molar-refractivity contribution in [1.29, 1.82) is 0 Å². The minimum atomic E-state index is -4.35. The molecule has 0 atom stereocenters. The largest absolute Gasteiger partial charge is 0.416 e. The number of guanidine groups is 1. The van der Waals surface area contributed by atoms with Crippen LogP contribution in [0.5, 0.6) is 0 Å². The summed E-state index contributed by atoms with van der Waals surface area (Å²) in [5, 5.41) is 6.57. The van der Waals surface area contributed by atoms with Gasteiger partial charge in [-0.2, -0.15) is 13.2 Å². The normalized spacial score (nSPS) is 16.6. The van der Waals surface area contributed by atoms with E-state index in [4.69, 9.17) is 9.47 Å². The number of nitrogens with zero attached hydrogens (tertiary/aromatic N) is 1. The zero-order valence-corrected chi connectivity index (χ0v) is 20.0. The predicted octanol–water partition coefficient (Wildman–Crippen LogP) is 4.35. The van der Waals surface area contributed by atoms with E-state index in [2.05, 4.69) is 15.6 Å². The van der Waals surface area contributed by atoms with Gasteiger partial charge in [0.05, 0.1) is 5.56 Å². The van der Waals surface area contributed by atoms with E-state index in [0.717, 1.165) is 38.7 Å². The minimum absolute atomic E-state index is 0. The summed E-state index contributed by atoms with van der Waals surface area (Å²) in [5.74, 6) is 0.652. The van der Waals surface area contributed by atoms with Crippen LogP contribution < -0.4 is 10.6 Å². The summed E-state index contributed by atoms with van der Waals surface area (Å²) in [4.78, 5) is 4.24. The molecule has 0 unspecified atom stereocenters. The number of hydrogen-bond acceptors (Lipinski definition) is 3. The van der Waals surface area contributed by atoms with Crippen LogP contribution in [0.4, 0.5) is 13.2 Å². The van der Waals surface area contributed by atoms with Gasteiger partial charge in [-0.3, -0.25) is 4.99 Å². The van der Waals surface area contributed by atoms with E-state index >= 15 is 0 Å². The lowest BCUT2D eigenvalue weighted by molar-refractivity contribution is -0.137. The monoisotopic (exact) mass is 543 g/mol. The molecule has 0 spiro atoms. The van der Waals surface area contributed by atoms with Crippen molar-refractivity contribution in [3.05, 3.63) is 35.4 Å². The fourth-order valence-electron chi connectivity index (χ4n) is 3.51. The van der Waals surface area contributed by atoms with Crippen molar-refractivity contribution in [3.63, 3.8) is 0 Å². The van der Waals surface area contributed by atoms with Gasteiger partial charge >= 0.3 is 6.18 Å². The number of nitrogens with one attached hydrogen (secondary N) is 2. The standard InChI is InChI=1S/C21H32F3N3O2.HI/c1-3-28-12-5-4-11-26-19(25-2)27-16-20(9-13-29-14-10-20)17-7-6-8-18(15-17)21(22,23)24;/h6-8,15H,3-5,9-14,16H2,1-2H3,(H2,25,26,27);1H. The van der Waals surface area contributed by atoms with Gasteiger partial charge in [0.2, 0.25) is 0 Å². The first-order valence-electron chi connectivity index (χ1n) is 10.2. The molecule has 1 saturated heterocycles. The second kappa shape index (κ2) is 13.4. The number of rotatable bonds is 9. The van der Waals surface area contributed by atoms with E-state index in [0.29, 0.717) is 44.1 Å². The third-order valence-corrected chi connectivity index (χ3v) is 5.28. The average molecular weight is 543 g/mol. The van der Waals surface area contributed by atoms with Crippen molar-refractivity contribution in [2.45, 2.75) is 44.2 Å². The molecule has 1 aliphatic heterocycles. The summed E-state index contributed by atoms with van der Waals surface area (Å²) in [7, 11) is 1.69. The van der Waals surface area contributed by atoms with Crippen LogP contribution in [0.3, 0.4) is 0 Å². The molecule has 0 saturated carbocycles. The molecule has 1 aromatic rings. The van der Waals surface area contributed by atoms with Crippen molar-refractivity contribution in [1.82, 2.24) is 10.6 Å². The molecule has 0 amide bonds. The number of aliphatic imine (C=N–C) groups is 1. The van der Waals surface area contributed by atoms with E-state index in [1.165, 1.54) is 12.1 Å². The van der Waals surface area contributed by atoms with Gasteiger partial charge in [-0.05, 0) is 44.2 Å². The summed E-state index contributed by atoms with van der Waals surface area (Å²) >= 11 is 0. The van der Waals surface area contributed by atoms with Crippen LogP contribution in [0.25, 0.3) is 0 Å². The highest BCUT2D eigenvalue weighted by Crippen LogP contribution is 2.37. The zero-order chi connectivity index (χ0) is 21.2. The lowest BCUT2D eigenvalue weighted by Crippen LogP contribution is -2.48. The lowest BCUT2D eigenvalue weighted by atomic mass is 9.73. The van der Waals surface area contributed by atoms with Gasteiger partial charge in [0, 0.05) is 52.0 Å². The van der Waals surface area contributed by atoms with Crippen LogP contribution in [0.2, 0.25) is 0 Å². The maximum absolute atomic E-state index is 13.2. The smallest absolute Gasteiger partial charge is 0.382 e. The maximum Gasteiger partial charge on any atom is 0.416 e. The average Bonchev–Trinajstić information content (AvgIpc) is 2.73. The van der Waals surface area contributed by atoms with E-state index in [-0.39, 0.29) is 24.0 Å². The number of unbranched alkanes of at least 4 members (excludes halogenated alkanes) is 1. The Bertz CT molecular complexity index is 651. The molecule has 2 N–H and O–H groups in total. The Kier molecular flexibility index (Phi) is 12.0. The van der Waals surface area contributed by atoms with Gasteiger partial charge in [0.25, 0.3) is 0 Å². The van der Waals surface area contributed by atoms with Gasteiger partial charge in [-0.25, -0.2) is 0 Å². The van der Waals surface area contributed by atoms with Crippen LogP contribution in [-0.2, 0) is 21.1 Å². The van der Waals surface area contributed by atoms with E-state index in [1.54, 1.807) is 13.1 Å². The van der Waals surface area contributed by atoms with Crippen LogP contribution in [-0.4, -0.2) is 52.5 Å². The molecule has 172 valence electrons. The quantitative estimate of drug-likeness (QED) is 0.211. The zero-order valence-electron chi connectivity index (χ0n) is 17.7. The Labute approximate surface area is 194 Å². The van der Waals surface area contributed by atoms with Crippen molar-refractivity contribution < 1.29 is 22.6 Å². The van der Waals surface area contributed by atoms with Gasteiger partial charge in [-0.15, -0.1) is 24.0 Å². The molecular formula is C21H33F3IN3O2. The van der Waals surface area contributed by atoms with Gasteiger partial charge in [0.1, 0.15) is 0 Å². The van der Waals surface area contributed by atoms with Gasteiger partial charge < -0.3 is 20.1 Å². The Balaban J connectivity index is 0.00000450. The number of halogens is 4. The first-order chi connectivity index (χ1) is 13.9. The Morgan fingerprint density at radius 1 is 1.20 bits per heavy atom. The minimum Gasteiger partial charge on any atom is -0.382 e.